The molecule has 2 atom stereocenters. The Balaban J connectivity index is 1.44. The van der Waals surface area contributed by atoms with Crippen LogP contribution < -0.4 is 5.32 Å². The second-order valence-electron chi connectivity index (χ2n) is 11.7. The van der Waals surface area contributed by atoms with E-state index in [2.05, 4.69) is 24.4 Å². The van der Waals surface area contributed by atoms with Gasteiger partial charge in [-0.15, -0.1) is 0 Å². The van der Waals surface area contributed by atoms with Gasteiger partial charge in [-0.2, -0.15) is 0 Å². The maximum absolute atomic E-state index is 13.3. The summed E-state index contributed by atoms with van der Waals surface area (Å²) < 4.78 is 0. The number of carbonyl (C=O) groups excluding carboxylic acids is 2. The molecule has 0 saturated carbocycles. The summed E-state index contributed by atoms with van der Waals surface area (Å²) in [6, 6.07) is 20.5. The fourth-order valence-electron chi connectivity index (χ4n) is 6.07. The third-order valence-electron chi connectivity index (χ3n) is 8.37. The number of halogens is 1. The Kier molecular flexibility index (Phi) is 11.1. The molecule has 3 amide bonds. The largest absolute Gasteiger partial charge is 0.465 e. The molecule has 234 valence electrons. The molecule has 3 aromatic carbocycles. The van der Waals surface area contributed by atoms with Crippen LogP contribution in [0, 0.1) is 5.92 Å². The first-order chi connectivity index (χ1) is 21.0. The molecule has 0 radical (unpaired) electrons. The smallest absolute Gasteiger partial charge is 0.407 e. The minimum absolute atomic E-state index is 0.0412. The lowest BCUT2D eigenvalue weighted by molar-refractivity contribution is -0.128. The summed E-state index contributed by atoms with van der Waals surface area (Å²) >= 11 is 6.71. The third kappa shape index (κ3) is 8.18. The van der Waals surface area contributed by atoms with Crippen molar-refractivity contribution in [3.8, 4) is 11.1 Å². The van der Waals surface area contributed by atoms with Crippen molar-refractivity contribution < 1.29 is 24.6 Å². The summed E-state index contributed by atoms with van der Waals surface area (Å²) in [5, 5.41) is 24.4. The Hall–Kier alpha value is -3.88. The third-order valence-corrected chi connectivity index (χ3v) is 8.69. The number of nitrogens with one attached hydrogen (secondary N) is 1. The minimum atomic E-state index is -1.62. The average molecular weight is 620 g/mol. The fourth-order valence-corrected chi connectivity index (χ4v) is 6.36. The van der Waals surface area contributed by atoms with E-state index < -0.39 is 11.8 Å². The van der Waals surface area contributed by atoms with Crippen LogP contribution in [0.4, 0.5) is 4.79 Å². The second kappa shape index (κ2) is 14.7. The number of nitrogens with zero attached hydrogens (tertiary/aromatic N) is 2. The van der Waals surface area contributed by atoms with Gasteiger partial charge < -0.3 is 25.3 Å². The molecule has 44 heavy (non-hydrogen) atoms. The number of amides is 3. The van der Waals surface area contributed by atoms with Crippen LogP contribution in [0.15, 0.2) is 66.7 Å². The number of likely N-dealkylation sites (tertiary alicyclic amines) is 1. The van der Waals surface area contributed by atoms with Crippen molar-refractivity contribution in [1.82, 2.24) is 15.1 Å². The van der Waals surface area contributed by atoms with Crippen LogP contribution in [0.25, 0.3) is 11.1 Å². The van der Waals surface area contributed by atoms with E-state index in [4.69, 9.17) is 16.7 Å². The molecule has 3 aromatic rings. The van der Waals surface area contributed by atoms with E-state index in [1.165, 1.54) is 18.9 Å². The highest BCUT2D eigenvalue weighted by Crippen LogP contribution is 2.39. The van der Waals surface area contributed by atoms with E-state index in [0.717, 1.165) is 42.4 Å². The van der Waals surface area contributed by atoms with Crippen molar-refractivity contribution in [2.24, 2.45) is 5.92 Å². The van der Waals surface area contributed by atoms with E-state index in [1.807, 2.05) is 23.1 Å². The first-order valence-electron chi connectivity index (χ1n) is 15.2. The molecule has 1 heterocycles. The summed E-state index contributed by atoms with van der Waals surface area (Å²) in [7, 11) is 1.51. The van der Waals surface area contributed by atoms with Crippen LogP contribution in [-0.4, -0.2) is 58.1 Å². The first kappa shape index (κ1) is 33.0. The number of carboxylic acid groups (broad SMARTS) is 1. The molecule has 0 aromatic heterocycles. The van der Waals surface area contributed by atoms with Gasteiger partial charge in [0.05, 0.1) is 0 Å². The van der Waals surface area contributed by atoms with Gasteiger partial charge in [0.15, 0.2) is 5.72 Å². The average Bonchev–Trinajstić information content (AvgIpc) is 3.00. The standard InChI is InChI=1S/C35H42ClN3O5/c1-4-25-9-5-12-29(21-25)32-30(13-6-14-31(32)36)35(44,37-24(2)40)19-7-10-26-11-8-20-39(23-26)33(41)28-17-15-27(16-18-28)22-38(3)34(42)43/h5-6,9,12-18,21,26,44H,4,7-8,10-11,19-20,22-23H2,1-3H3,(H,37,40)(H,42,43)/t26-,35+/m1/s1. The molecule has 0 aliphatic carbocycles. The zero-order valence-electron chi connectivity index (χ0n) is 25.7. The highest BCUT2D eigenvalue weighted by Gasteiger charge is 2.34. The predicted octanol–water partition coefficient (Wildman–Crippen LogP) is 6.68. The van der Waals surface area contributed by atoms with Gasteiger partial charge in [0.25, 0.3) is 5.91 Å². The Morgan fingerprint density at radius 1 is 1.07 bits per heavy atom. The Labute approximate surface area is 264 Å². The molecular formula is C35H42ClN3O5. The number of aryl methyl sites for hydroxylation is 1. The SMILES string of the molecule is CCc1cccc(-c2c(Cl)cccc2[C@@](O)(CCC[C@@H]2CCCN(C(=O)c3ccc(CN(C)C(=O)O)cc3)C2)NC(C)=O)c1. The van der Waals surface area contributed by atoms with Crippen molar-refractivity contribution in [2.75, 3.05) is 20.1 Å². The van der Waals surface area contributed by atoms with Crippen LogP contribution in [0.1, 0.15) is 73.0 Å². The van der Waals surface area contributed by atoms with Gasteiger partial charge in [-0.05, 0) is 79.3 Å². The lowest BCUT2D eigenvalue weighted by atomic mass is 9.86. The van der Waals surface area contributed by atoms with E-state index >= 15 is 0 Å². The first-order valence-corrected chi connectivity index (χ1v) is 15.6. The van der Waals surface area contributed by atoms with Crippen LogP contribution in [0.5, 0.6) is 0 Å². The molecule has 1 aliphatic rings. The molecule has 4 rings (SSSR count). The van der Waals surface area contributed by atoms with Gasteiger partial charge in [-0.1, -0.05) is 67.1 Å². The number of hydrogen-bond donors (Lipinski definition) is 3. The van der Waals surface area contributed by atoms with Crippen LogP contribution in [-0.2, 0) is 23.5 Å². The maximum atomic E-state index is 13.3. The van der Waals surface area contributed by atoms with Gasteiger partial charge in [0.2, 0.25) is 5.91 Å². The molecule has 0 spiro atoms. The molecular weight excluding hydrogens is 578 g/mol. The van der Waals surface area contributed by atoms with Gasteiger partial charge in [-0.25, -0.2) is 4.79 Å². The van der Waals surface area contributed by atoms with Gasteiger partial charge >= 0.3 is 6.09 Å². The van der Waals surface area contributed by atoms with Crippen LogP contribution in [0.2, 0.25) is 5.02 Å². The molecule has 3 N–H and O–H groups in total. The topological polar surface area (TPSA) is 110 Å². The van der Waals surface area contributed by atoms with Crippen molar-refractivity contribution >= 4 is 29.5 Å². The van der Waals surface area contributed by atoms with Crippen LogP contribution in [0.3, 0.4) is 0 Å². The lowest BCUT2D eigenvalue weighted by Gasteiger charge is -2.35. The molecule has 0 unspecified atom stereocenters. The van der Waals surface area contributed by atoms with Crippen molar-refractivity contribution in [3.63, 3.8) is 0 Å². The normalized spacial score (nSPS) is 16.2. The highest BCUT2D eigenvalue weighted by molar-refractivity contribution is 6.33. The van der Waals surface area contributed by atoms with Crippen molar-refractivity contribution in [2.45, 2.75) is 64.6 Å². The quantitative estimate of drug-likeness (QED) is 0.207. The van der Waals surface area contributed by atoms with Crippen LogP contribution >= 0.6 is 11.6 Å². The van der Waals surface area contributed by atoms with Gasteiger partial charge in [-0.3, -0.25) is 9.59 Å². The van der Waals surface area contributed by atoms with Crippen molar-refractivity contribution in [3.05, 3.63) is 94.0 Å². The number of benzene rings is 3. The minimum Gasteiger partial charge on any atom is -0.465 e. The highest BCUT2D eigenvalue weighted by atomic mass is 35.5. The lowest BCUT2D eigenvalue weighted by Crippen LogP contribution is -2.45. The zero-order chi connectivity index (χ0) is 31.9. The van der Waals surface area contributed by atoms with E-state index in [0.29, 0.717) is 47.6 Å². The number of rotatable bonds is 11. The van der Waals surface area contributed by atoms with E-state index in [9.17, 15) is 19.5 Å². The fraction of sp³-hybridized carbons (Fsp3) is 0.400. The Morgan fingerprint density at radius 2 is 1.80 bits per heavy atom. The predicted molar refractivity (Wildman–Crippen MR) is 172 cm³/mol. The maximum Gasteiger partial charge on any atom is 0.407 e. The summed E-state index contributed by atoms with van der Waals surface area (Å²) in [5.74, 6) is -0.117. The molecule has 1 aliphatic heterocycles. The Morgan fingerprint density at radius 3 is 2.48 bits per heavy atom. The Bertz CT molecular complexity index is 1480. The molecule has 1 saturated heterocycles. The molecule has 9 heteroatoms. The van der Waals surface area contributed by atoms with Crippen molar-refractivity contribution in [1.29, 1.82) is 0 Å². The molecule has 0 bridgehead atoms. The van der Waals surface area contributed by atoms with Gasteiger partial charge in [0.1, 0.15) is 0 Å². The second-order valence-corrected chi connectivity index (χ2v) is 12.2. The monoisotopic (exact) mass is 619 g/mol. The molecule has 8 nitrogen and oxygen atoms in total. The number of aliphatic hydroxyl groups is 1. The zero-order valence-corrected chi connectivity index (χ0v) is 26.4. The number of hydrogen-bond acceptors (Lipinski definition) is 4. The summed E-state index contributed by atoms with van der Waals surface area (Å²) in [6.45, 7) is 5.03. The summed E-state index contributed by atoms with van der Waals surface area (Å²) in [6.07, 6.45) is 3.44. The summed E-state index contributed by atoms with van der Waals surface area (Å²) in [4.78, 5) is 39.8. The van der Waals surface area contributed by atoms with Gasteiger partial charge in [0, 0.05) is 55.3 Å². The summed E-state index contributed by atoms with van der Waals surface area (Å²) in [5.41, 5.74) is 3.08. The number of carbonyl (C=O) groups is 3. The molecule has 1 fully saturated rings. The number of piperidine rings is 1. The van der Waals surface area contributed by atoms with E-state index in [1.54, 1.807) is 36.4 Å². The van der Waals surface area contributed by atoms with E-state index in [-0.39, 0.29) is 24.3 Å².